The number of halogens is 1. The number of ether oxygens (including phenoxy) is 5. The summed E-state index contributed by atoms with van der Waals surface area (Å²) in [5.74, 6) is 0.159. The first-order valence-electron chi connectivity index (χ1n) is 11.2. The van der Waals surface area contributed by atoms with Gasteiger partial charge in [-0.25, -0.2) is 28.9 Å². The number of carbonyl (C=O) groups is 2. The van der Waals surface area contributed by atoms with Crippen molar-refractivity contribution >= 4 is 36.9 Å². The molecule has 2 aromatic heterocycles. The van der Waals surface area contributed by atoms with Crippen LogP contribution in [0.2, 0.25) is 0 Å². The Morgan fingerprint density at radius 3 is 2.16 bits per heavy atom. The van der Waals surface area contributed by atoms with Crippen molar-refractivity contribution in [3.05, 3.63) is 12.7 Å². The van der Waals surface area contributed by atoms with Crippen molar-refractivity contribution in [1.82, 2.24) is 19.5 Å². The molecule has 0 saturated heterocycles. The number of aromatic nitrogens is 4. The van der Waals surface area contributed by atoms with Crippen LogP contribution in [-0.4, -0.2) is 77.3 Å². The predicted octanol–water partition coefficient (Wildman–Crippen LogP) is 3.55. The van der Waals surface area contributed by atoms with E-state index in [1.54, 1.807) is 27.7 Å². The van der Waals surface area contributed by atoms with E-state index in [0.29, 0.717) is 11.2 Å². The fourth-order valence-electron chi connectivity index (χ4n) is 2.70. The molecule has 2 aromatic rings. The second-order valence-electron chi connectivity index (χ2n) is 7.94. The Hall–Kier alpha value is -3.07. The largest absolute Gasteiger partial charge is 0.510 e. The average molecular weight is 551 g/mol. The number of imidazole rings is 1. The van der Waals surface area contributed by atoms with Crippen LogP contribution in [0.4, 0.5) is 19.8 Å². The summed E-state index contributed by atoms with van der Waals surface area (Å²) in [5.41, 5.74) is 6.45. The molecule has 1 atom stereocenters. The monoisotopic (exact) mass is 551 g/mol. The summed E-state index contributed by atoms with van der Waals surface area (Å²) in [4.78, 5) is 35.0. The fourth-order valence-corrected chi connectivity index (χ4v) is 3.70. The van der Waals surface area contributed by atoms with Crippen molar-refractivity contribution in [2.24, 2.45) is 0 Å². The van der Waals surface area contributed by atoms with E-state index in [4.69, 9.17) is 29.0 Å². The molecule has 15 nitrogen and oxygen atoms in total. The molecule has 2 N–H and O–H groups in total. The average Bonchev–Trinajstić information content (AvgIpc) is 3.23. The lowest BCUT2D eigenvalue weighted by Crippen LogP contribution is -2.18. The normalized spacial score (nSPS) is 12.6. The molecule has 17 heteroatoms. The Balaban J connectivity index is 1.93. The minimum Gasteiger partial charge on any atom is -0.432 e. The maximum atomic E-state index is 13.8. The molecule has 0 saturated carbocycles. The first kappa shape index (κ1) is 30.2. The molecule has 0 bridgehead atoms. The molecule has 2 heterocycles. The Morgan fingerprint density at radius 2 is 1.62 bits per heavy atom. The van der Waals surface area contributed by atoms with Gasteiger partial charge in [-0.05, 0) is 34.1 Å². The summed E-state index contributed by atoms with van der Waals surface area (Å²) in [6, 6.07) is -0.719. The number of nitrogens with zero attached hydrogens (tertiary/aromatic N) is 4. The summed E-state index contributed by atoms with van der Waals surface area (Å²) >= 11 is 0. The molecule has 208 valence electrons. The second kappa shape index (κ2) is 14.6. The highest BCUT2D eigenvalue weighted by Gasteiger charge is 2.28. The second-order valence-corrected chi connectivity index (χ2v) is 9.94. The molecule has 0 aliphatic heterocycles. The van der Waals surface area contributed by atoms with Gasteiger partial charge in [-0.2, -0.15) is 0 Å². The highest BCUT2D eigenvalue weighted by molar-refractivity contribution is 7.53. The maximum absolute atomic E-state index is 13.8. The molecule has 0 spiro atoms. The van der Waals surface area contributed by atoms with Crippen LogP contribution in [-0.2, 0) is 37.3 Å². The number of carbonyl (C=O) groups excluding carboxylic acids is 2. The van der Waals surface area contributed by atoms with Crippen molar-refractivity contribution in [1.29, 1.82) is 0 Å². The molecule has 0 amide bonds. The number of fused-ring (bicyclic) bond motifs is 1. The van der Waals surface area contributed by atoms with E-state index in [1.807, 2.05) is 0 Å². The molecular weight excluding hydrogens is 520 g/mol. The molecule has 2 rings (SSSR count). The molecule has 0 aromatic carbocycles. The first-order valence-corrected chi connectivity index (χ1v) is 12.9. The van der Waals surface area contributed by atoms with E-state index in [0.717, 1.165) is 0 Å². The molecule has 0 aliphatic carbocycles. The van der Waals surface area contributed by atoms with Gasteiger partial charge in [0.15, 0.2) is 11.5 Å². The van der Waals surface area contributed by atoms with Gasteiger partial charge in [-0.1, -0.05) is 0 Å². The van der Waals surface area contributed by atoms with E-state index < -0.39 is 64.8 Å². The van der Waals surface area contributed by atoms with Gasteiger partial charge < -0.3 is 34.0 Å². The van der Waals surface area contributed by atoms with E-state index >= 15 is 0 Å². The first-order chi connectivity index (χ1) is 17.5. The van der Waals surface area contributed by atoms with Crippen molar-refractivity contribution in [3.8, 4) is 0 Å². The van der Waals surface area contributed by atoms with Crippen LogP contribution in [0.1, 0.15) is 40.2 Å². The van der Waals surface area contributed by atoms with Crippen LogP contribution in [0.3, 0.4) is 0 Å². The van der Waals surface area contributed by atoms with Gasteiger partial charge in [0, 0.05) is 6.61 Å². The minimum atomic E-state index is -4.11. The summed E-state index contributed by atoms with van der Waals surface area (Å²) in [5, 5.41) is 0. The Kier molecular flexibility index (Phi) is 11.9. The number of nitrogens with two attached hydrogens (primary N) is 1. The molecular formula is C20H31FN5O10P. The molecule has 37 heavy (non-hydrogen) atoms. The zero-order chi connectivity index (χ0) is 27.4. The zero-order valence-corrected chi connectivity index (χ0v) is 21.8. The van der Waals surface area contributed by atoms with E-state index in [2.05, 4.69) is 24.4 Å². The molecule has 0 aliphatic rings. The van der Waals surface area contributed by atoms with E-state index in [9.17, 15) is 18.5 Å². The predicted molar refractivity (Wildman–Crippen MR) is 125 cm³/mol. The van der Waals surface area contributed by atoms with Crippen molar-refractivity contribution in [2.45, 2.75) is 52.4 Å². The van der Waals surface area contributed by atoms with E-state index in [1.165, 1.54) is 17.2 Å². The lowest BCUT2D eigenvalue weighted by molar-refractivity contribution is -0.0345. The van der Waals surface area contributed by atoms with Crippen molar-refractivity contribution < 1.29 is 51.3 Å². The lowest BCUT2D eigenvalue weighted by atomic mass is 10.2. The van der Waals surface area contributed by atoms with Crippen LogP contribution >= 0.6 is 7.60 Å². The van der Waals surface area contributed by atoms with Crippen LogP contribution in [0.15, 0.2) is 12.7 Å². The Bertz CT molecular complexity index is 1040. The Labute approximate surface area is 212 Å². The van der Waals surface area contributed by atoms with Crippen LogP contribution in [0, 0.1) is 0 Å². The van der Waals surface area contributed by atoms with Crippen LogP contribution < -0.4 is 5.73 Å². The number of hydrogen-bond acceptors (Lipinski definition) is 14. The van der Waals surface area contributed by atoms with Crippen LogP contribution in [0.25, 0.3) is 11.2 Å². The van der Waals surface area contributed by atoms with Gasteiger partial charge >= 0.3 is 19.9 Å². The van der Waals surface area contributed by atoms with Crippen molar-refractivity contribution in [2.75, 3.05) is 38.9 Å². The lowest BCUT2D eigenvalue weighted by Gasteiger charge is -2.20. The third-order valence-corrected chi connectivity index (χ3v) is 5.82. The van der Waals surface area contributed by atoms with Gasteiger partial charge in [0.25, 0.3) is 0 Å². The highest BCUT2D eigenvalue weighted by atomic mass is 31.2. The minimum absolute atomic E-state index is 0.0853. The molecule has 0 fully saturated rings. The summed E-state index contributed by atoms with van der Waals surface area (Å²) < 4.78 is 62.7. The van der Waals surface area contributed by atoms with Crippen molar-refractivity contribution in [3.63, 3.8) is 0 Å². The highest BCUT2D eigenvalue weighted by Crippen LogP contribution is 2.48. The third-order valence-electron chi connectivity index (χ3n) is 4.32. The zero-order valence-electron chi connectivity index (χ0n) is 20.9. The van der Waals surface area contributed by atoms with Gasteiger partial charge in [0.2, 0.25) is 13.6 Å². The maximum Gasteiger partial charge on any atom is 0.510 e. The summed E-state index contributed by atoms with van der Waals surface area (Å²) in [6.07, 6.45) is -0.874. The summed E-state index contributed by atoms with van der Waals surface area (Å²) in [6.45, 7) is 3.98. The van der Waals surface area contributed by atoms with Crippen LogP contribution in [0.5, 0.6) is 0 Å². The fraction of sp³-hybridized carbons (Fsp3) is 0.650. The Morgan fingerprint density at radius 1 is 1.03 bits per heavy atom. The standard InChI is InChI=1S/C20H31FN5O10P/c1-13(2)35-19(27)31-10-33-37(29,34-11-32-20(28)36-14(3)4)12-30-6-5-15(7-21)26-9-25-16-17(22)23-8-24-18(16)26/h8-9,13-15H,5-7,10-12H2,1-4H3,(H2,22,23,24). The number of nitrogen functional groups attached to an aromatic ring is 1. The number of rotatable bonds is 15. The number of hydrogen-bond donors (Lipinski definition) is 1. The smallest absolute Gasteiger partial charge is 0.432 e. The summed E-state index contributed by atoms with van der Waals surface area (Å²) in [7, 11) is -4.11. The third kappa shape index (κ3) is 10.1. The van der Waals surface area contributed by atoms with Gasteiger partial charge in [0.05, 0.1) is 24.6 Å². The number of anilines is 1. The van der Waals surface area contributed by atoms with E-state index in [-0.39, 0.29) is 18.8 Å². The van der Waals surface area contributed by atoms with Gasteiger partial charge in [-0.3, -0.25) is 13.6 Å². The SMILES string of the molecule is CC(C)OC(=O)OCOP(=O)(COCCC(CF)n1cnc2c(N)ncnc21)OCOC(=O)OC(C)C. The van der Waals surface area contributed by atoms with Gasteiger partial charge in [-0.15, -0.1) is 0 Å². The van der Waals surface area contributed by atoms with Gasteiger partial charge in [0.1, 0.15) is 24.9 Å². The number of alkyl halides is 1. The molecule has 1 unspecified atom stereocenters. The molecule has 0 radical (unpaired) electrons. The quantitative estimate of drug-likeness (QED) is 0.147. The topological polar surface area (TPSA) is 185 Å².